The third kappa shape index (κ3) is 3.37. The molecule has 0 aliphatic heterocycles. The minimum absolute atomic E-state index is 0.399. The lowest BCUT2D eigenvalue weighted by molar-refractivity contribution is -0.118. The Morgan fingerprint density at radius 1 is 1.10 bits per heavy atom. The standard InChI is InChI=1S/C17H17ClN2O/c18-14-7-9-15(10-8-14)20-16(17(19)21)13-5-3-12(4-6-13)11-1-2-11/h3-11,16,20H,1-2H2,(H2,19,21). The van der Waals surface area contributed by atoms with Crippen molar-refractivity contribution in [1.29, 1.82) is 0 Å². The average Bonchev–Trinajstić information content (AvgIpc) is 3.31. The van der Waals surface area contributed by atoms with Crippen molar-refractivity contribution in [1.82, 2.24) is 0 Å². The average molecular weight is 301 g/mol. The third-order valence-corrected chi connectivity index (χ3v) is 4.01. The maximum Gasteiger partial charge on any atom is 0.244 e. The molecule has 0 saturated heterocycles. The van der Waals surface area contributed by atoms with Crippen LogP contribution >= 0.6 is 11.6 Å². The lowest BCUT2D eigenvalue weighted by Crippen LogP contribution is -2.27. The summed E-state index contributed by atoms with van der Waals surface area (Å²) in [7, 11) is 0. The van der Waals surface area contributed by atoms with E-state index in [1.807, 2.05) is 24.3 Å². The molecule has 2 aromatic carbocycles. The molecule has 3 N–H and O–H groups in total. The molecule has 1 atom stereocenters. The number of nitrogens with one attached hydrogen (secondary N) is 1. The summed E-state index contributed by atoms with van der Waals surface area (Å²) in [5.41, 5.74) is 8.56. The predicted molar refractivity (Wildman–Crippen MR) is 85.4 cm³/mol. The highest BCUT2D eigenvalue weighted by Gasteiger charge is 2.24. The number of halogens is 1. The maximum atomic E-state index is 11.7. The first kappa shape index (κ1) is 14.0. The normalized spacial score (nSPS) is 15.5. The van der Waals surface area contributed by atoms with Crippen molar-refractivity contribution >= 4 is 23.2 Å². The summed E-state index contributed by atoms with van der Waals surface area (Å²) in [6, 6.07) is 14.8. The molecular weight excluding hydrogens is 284 g/mol. The third-order valence-electron chi connectivity index (χ3n) is 3.76. The molecule has 1 saturated carbocycles. The van der Waals surface area contributed by atoms with Crippen LogP contribution in [0.15, 0.2) is 48.5 Å². The van der Waals surface area contributed by atoms with Crippen LogP contribution in [0.3, 0.4) is 0 Å². The second-order valence-corrected chi connectivity index (χ2v) is 5.86. The SMILES string of the molecule is NC(=O)C(Nc1ccc(Cl)cc1)c1ccc(C2CC2)cc1. The molecule has 1 aliphatic rings. The van der Waals surface area contributed by atoms with Gasteiger partial charge in [0.05, 0.1) is 0 Å². The zero-order valence-corrected chi connectivity index (χ0v) is 12.3. The van der Waals surface area contributed by atoms with Gasteiger partial charge >= 0.3 is 0 Å². The molecule has 0 spiro atoms. The highest BCUT2D eigenvalue weighted by molar-refractivity contribution is 6.30. The fourth-order valence-corrected chi connectivity index (χ4v) is 2.53. The summed E-state index contributed by atoms with van der Waals surface area (Å²) >= 11 is 5.86. The van der Waals surface area contributed by atoms with E-state index in [0.29, 0.717) is 10.9 Å². The molecule has 1 amide bonds. The Hall–Kier alpha value is -2.00. The monoisotopic (exact) mass is 300 g/mol. The van der Waals surface area contributed by atoms with Crippen LogP contribution in [0, 0.1) is 0 Å². The van der Waals surface area contributed by atoms with Crippen LogP contribution in [0.4, 0.5) is 5.69 Å². The van der Waals surface area contributed by atoms with E-state index in [2.05, 4.69) is 17.4 Å². The Balaban J connectivity index is 1.79. The number of carbonyl (C=O) groups is 1. The minimum atomic E-state index is -0.542. The molecule has 2 aromatic rings. The van der Waals surface area contributed by atoms with Gasteiger partial charge in [-0.2, -0.15) is 0 Å². The Morgan fingerprint density at radius 3 is 2.24 bits per heavy atom. The molecule has 0 radical (unpaired) electrons. The van der Waals surface area contributed by atoms with Crippen LogP contribution in [0.1, 0.15) is 35.9 Å². The van der Waals surface area contributed by atoms with E-state index in [0.717, 1.165) is 11.3 Å². The molecule has 3 nitrogen and oxygen atoms in total. The van der Waals surface area contributed by atoms with Crippen LogP contribution in [-0.2, 0) is 4.79 Å². The maximum absolute atomic E-state index is 11.7. The fourth-order valence-electron chi connectivity index (χ4n) is 2.41. The summed E-state index contributed by atoms with van der Waals surface area (Å²) in [5.74, 6) is 0.305. The van der Waals surface area contributed by atoms with E-state index < -0.39 is 11.9 Å². The van der Waals surface area contributed by atoms with Crippen molar-refractivity contribution in [2.45, 2.75) is 24.8 Å². The summed E-state index contributed by atoms with van der Waals surface area (Å²) in [5, 5.41) is 3.81. The number of anilines is 1. The number of amides is 1. The van der Waals surface area contributed by atoms with Gasteiger partial charge in [0, 0.05) is 10.7 Å². The van der Waals surface area contributed by atoms with E-state index in [-0.39, 0.29) is 0 Å². The highest BCUT2D eigenvalue weighted by atomic mass is 35.5. The molecule has 1 aliphatic carbocycles. The lowest BCUT2D eigenvalue weighted by Gasteiger charge is -2.17. The van der Waals surface area contributed by atoms with Gasteiger partial charge in [0.1, 0.15) is 6.04 Å². The first-order valence-corrected chi connectivity index (χ1v) is 7.42. The van der Waals surface area contributed by atoms with Gasteiger partial charge in [-0.25, -0.2) is 0 Å². The highest BCUT2D eigenvalue weighted by Crippen LogP contribution is 2.40. The van der Waals surface area contributed by atoms with Crippen molar-refractivity contribution in [3.05, 3.63) is 64.7 Å². The Bertz CT molecular complexity index is 633. The van der Waals surface area contributed by atoms with Gasteiger partial charge in [0.25, 0.3) is 0 Å². The Kier molecular flexibility index (Phi) is 3.84. The van der Waals surface area contributed by atoms with Crippen molar-refractivity contribution < 1.29 is 4.79 Å². The number of primary amides is 1. The summed E-state index contributed by atoms with van der Waals surface area (Å²) in [4.78, 5) is 11.7. The fraction of sp³-hybridized carbons (Fsp3) is 0.235. The smallest absolute Gasteiger partial charge is 0.244 e. The quantitative estimate of drug-likeness (QED) is 0.881. The van der Waals surface area contributed by atoms with Crippen LogP contribution in [0.2, 0.25) is 5.02 Å². The van der Waals surface area contributed by atoms with Crippen LogP contribution < -0.4 is 11.1 Å². The van der Waals surface area contributed by atoms with Crippen LogP contribution in [0.5, 0.6) is 0 Å². The van der Waals surface area contributed by atoms with Crippen molar-refractivity contribution in [2.75, 3.05) is 5.32 Å². The zero-order chi connectivity index (χ0) is 14.8. The predicted octanol–water partition coefficient (Wildman–Crippen LogP) is 3.86. The number of hydrogen-bond acceptors (Lipinski definition) is 2. The Morgan fingerprint density at radius 2 is 1.71 bits per heavy atom. The van der Waals surface area contributed by atoms with Gasteiger partial charge in [-0.05, 0) is 54.2 Å². The molecule has 0 aromatic heterocycles. The van der Waals surface area contributed by atoms with E-state index in [1.54, 1.807) is 12.1 Å². The van der Waals surface area contributed by atoms with Crippen molar-refractivity contribution in [3.8, 4) is 0 Å². The summed E-state index contributed by atoms with van der Waals surface area (Å²) in [6.07, 6.45) is 2.53. The molecule has 21 heavy (non-hydrogen) atoms. The molecule has 0 heterocycles. The van der Waals surface area contributed by atoms with Gasteiger partial charge in [0.15, 0.2) is 0 Å². The summed E-state index contributed by atoms with van der Waals surface area (Å²) in [6.45, 7) is 0. The largest absolute Gasteiger partial charge is 0.370 e. The van der Waals surface area contributed by atoms with Gasteiger partial charge < -0.3 is 11.1 Å². The van der Waals surface area contributed by atoms with E-state index >= 15 is 0 Å². The molecular formula is C17H17ClN2O. The Labute approximate surface area is 129 Å². The molecule has 4 heteroatoms. The van der Waals surface area contributed by atoms with Crippen molar-refractivity contribution in [2.24, 2.45) is 5.73 Å². The number of benzene rings is 2. The number of nitrogens with two attached hydrogens (primary N) is 1. The first-order valence-electron chi connectivity index (χ1n) is 7.05. The summed E-state index contributed by atoms with van der Waals surface area (Å²) < 4.78 is 0. The van der Waals surface area contributed by atoms with Crippen LogP contribution in [-0.4, -0.2) is 5.91 Å². The van der Waals surface area contributed by atoms with Crippen LogP contribution in [0.25, 0.3) is 0 Å². The second kappa shape index (κ2) is 5.78. The molecule has 108 valence electrons. The molecule has 0 bridgehead atoms. The second-order valence-electron chi connectivity index (χ2n) is 5.43. The number of hydrogen-bond donors (Lipinski definition) is 2. The molecule has 3 rings (SSSR count). The molecule has 1 unspecified atom stereocenters. The minimum Gasteiger partial charge on any atom is -0.370 e. The number of carbonyl (C=O) groups excluding carboxylic acids is 1. The van der Waals surface area contributed by atoms with Gasteiger partial charge in [-0.1, -0.05) is 35.9 Å². The first-order chi connectivity index (χ1) is 10.1. The zero-order valence-electron chi connectivity index (χ0n) is 11.6. The lowest BCUT2D eigenvalue weighted by atomic mass is 10.0. The van der Waals surface area contributed by atoms with Crippen molar-refractivity contribution in [3.63, 3.8) is 0 Å². The topological polar surface area (TPSA) is 55.1 Å². The van der Waals surface area contributed by atoms with E-state index in [4.69, 9.17) is 17.3 Å². The van der Waals surface area contributed by atoms with E-state index in [1.165, 1.54) is 18.4 Å². The van der Waals surface area contributed by atoms with Gasteiger partial charge in [-0.15, -0.1) is 0 Å². The van der Waals surface area contributed by atoms with Gasteiger partial charge in [0.2, 0.25) is 5.91 Å². The van der Waals surface area contributed by atoms with Gasteiger partial charge in [-0.3, -0.25) is 4.79 Å². The molecule has 1 fully saturated rings. The van der Waals surface area contributed by atoms with E-state index in [9.17, 15) is 4.79 Å². The number of rotatable bonds is 5.